The average molecular weight is 362 g/mol. The van der Waals surface area contributed by atoms with Gasteiger partial charge in [0, 0.05) is 12.6 Å². The van der Waals surface area contributed by atoms with Crippen molar-refractivity contribution in [3.8, 4) is 5.75 Å². The monoisotopic (exact) mass is 362 g/mol. The molecule has 0 bridgehead atoms. The zero-order chi connectivity index (χ0) is 18.8. The van der Waals surface area contributed by atoms with E-state index in [-0.39, 0.29) is 17.7 Å². The molecule has 0 saturated carbocycles. The number of nitrogens with one attached hydrogen (secondary N) is 2. The molecule has 0 aliphatic heterocycles. The predicted molar refractivity (Wildman–Crippen MR) is 99.8 cm³/mol. The SMILES string of the molecule is CCNC(=NCc1cc(CC)no1)NCC(CC)Oc1ccccc1F. The Bertz CT molecular complexity index is 702. The molecule has 1 aromatic carbocycles. The molecule has 0 saturated heterocycles. The minimum atomic E-state index is -0.358. The molecule has 2 rings (SSSR count). The minimum absolute atomic E-state index is 0.173. The minimum Gasteiger partial charge on any atom is -0.486 e. The van der Waals surface area contributed by atoms with Gasteiger partial charge in [0.05, 0.1) is 12.2 Å². The van der Waals surface area contributed by atoms with Crippen molar-refractivity contribution in [3.63, 3.8) is 0 Å². The van der Waals surface area contributed by atoms with E-state index in [2.05, 4.69) is 20.8 Å². The molecule has 142 valence electrons. The van der Waals surface area contributed by atoms with Crippen LogP contribution in [0.2, 0.25) is 0 Å². The van der Waals surface area contributed by atoms with Crippen molar-refractivity contribution in [1.82, 2.24) is 15.8 Å². The van der Waals surface area contributed by atoms with Crippen LogP contribution < -0.4 is 15.4 Å². The number of aliphatic imine (C=N–C) groups is 1. The number of para-hydroxylation sites is 1. The summed E-state index contributed by atoms with van der Waals surface area (Å²) < 4.78 is 24.7. The number of hydrogen-bond donors (Lipinski definition) is 2. The Morgan fingerprint density at radius 1 is 1.27 bits per heavy atom. The number of aromatic nitrogens is 1. The quantitative estimate of drug-likeness (QED) is 0.529. The maximum atomic E-state index is 13.7. The molecule has 0 radical (unpaired) electrons. The molecule has 7 heteroatoms. The van der Waals surface area contributed by atoms with Crippen molar-refractivity contribution >= 4 is 5.96 Å². The summed E-state index contributed by atoms with van der Waals surface area (Å²) >= 11 is 0. The maximum absolute atomic E-state index is 13.7. The number of guanidine groups is 1. The van der Waals surface area contributed by atoms with Crippen molar-refractivity contribution in [2.24, 2.45) is 4.99 Å². The largest absolute Gasteiger partial charge is 0.486 e. The molecule has 0 spiro atoms. The van der Waals surface area contributed by atoms with Crippen LogP contribution in [0.15, 0.2) is 39.8 Å². The topological polar surface area (TPSA) is 71.7 Å². The van der Waals surface area contributed by atoms with Crippen LogP contribution in [-0.2, 0) is 13.0 Å². The summed E-state index contributed by atoms with van der Waals surface area (Å²) in [6.07, 6.45) is 1.40. The first-order chi connectivity index (χ1) is 12.7. The first-order valence-corrected chi connectivity index (χ1v) is 9.04. The summed E-state index contributed by atoms with van der Waals surface area (Å²) in [7, 11) is 0. The third kappa shape index (κ3) is 6.06. The van der Waals surface area contributed by atoms with Crippen molar-refractivity contribution in [2.45, 2.75) is 46.3 Å². The van der Waals surface area contributed by atoms with Crippen LogP contribution in [0.3, 0.4) is 0 Å². The first kappa shape index (κ1) is 19.8. The highest BCUT2D eigenvalue weighted by Gasteiger charge is 2.12. The molecule has 6 nitrogen and oxygen atoms in total. The van der Waals surface area contributed by atoms with Gasteiger partial charge in [-0.1, -0.05) is 31.1 Å². The van der Waals surface area contributed by atoms with Crippen molar-refractivity contribution < 1.29 is 13.7 Å². The van der Waals surface area contributed by atoms with Crippen LogP contribution in [0.25, 0.3) is 0 Å². The first-order valence-electron chi connectivity index (χ1n) is 9.04. The van der Waals surface area contributed by atoms with Crippen LogP contribution in [0.1, 0.15) is 38.6 Å². The van der Waals surface area contributed by atoms with Crippen LogP contribution >= 0.6 is 0 Å². The number of ether oxygens (including phenoxy) is 1. The summed E-state index contributed by atoms with van der Waals surface area (Å²) in [5.41, 5.74) is 0.914. The average Bonchev–Trinajstić information content (AvgIpc) is 3.12. The Hall–Kier alpha value is -2.57. The molecule has 1 atom stereocenters. The molecule has 0 amide bonds. The van der Waals surface area contributed by atoms with E-state index in [1.54, 1.807) is 18.2 Å². The van der Waals surface area contributed by atoms with Crippen molar-refractivity contribution in [2.75, 3.05) is 13.1 Å². The molecule has 2 N–H and O–H groups in total. The molecule has 2 aromatic rings. The Balaban J connectivity index is 1.92. The summed E-state index contributed by atoms with van der Waals surface area (Å²) in [5, 5.41) is 10.4. The fourth-order valence-electron chi connectivity index (χ4n) is 2.30. The second kappa shape index (κ2) is 10.4. The van der Waals surface area contributed by atoms with E-state index in [4.69, 9.17) is 9.26 Å². The third-order valence-electron chi connectivity index (χ3n) is 3.79. The van der Waals surface area contributed by atoms with Gasteiger partial charge in [-0.3, -0.25) is 0 Å². The van der Waals surface area contributed by atoms with E-state index in [1.807, 2.05) is 26.8 Å². The van der Waals surface area contributed by atoms with E-state index < -0.39 is 0 Å². The van der Waals surface area contributed by atoms with E-state index in [9.17, 15) is 4.39 Å². The van der Waals surface area contributed by atoms with Crippen LogP contribution in [0.5, 0.6) is 5.75 Å². The van der Waals surface area contributed by atoms with Gasteiger partial charge >= 0.3 is 0 Å². The highest BCUT2D eigenvalue weighted by atomic mass is 19.1. The number of halogens is 1. The predicted octanol–water partition coefficient (Wildman–Crippen LogP) is 3.29. The van der Waals surface area contributed by atoms with Gasteiger partial charge in [0.15, 0.2) is 23.3 Å². The van der Waals surface area contributed by atoms with Crippen LogP contribution in [0.4, 0.5) is 4.39 Å². The molecule has 0 fully saturated rings. The molecular weight excluding hydrogens is 335 g/mol. The van der Waals surface area contributed by atoms with Gasteiger partial charge in [0.1, 0.15) is 12.6 Å². The van der Waals surface area contributed by atoms with Crippen molar-refractivity contribution in [1.29, 1.82) is 0 Å². The zero-order valence-electron chi connectivity index (χ0n) is 15.6. The number of nitrogens with zero attached hydrogens (tertiary/aromatic N) is 2. The van der Waals surface area contributed by atoms with Gasteiger partial charge in [-0.15, -0.1) is 0 Å². The molecule has 1 heterocycles. The van der Waals surface area contributed by atoms with Crippen LogP contribution in [0, 0.1) is 5.82 Å². The smallest absolute Gasteiger partial charge is 0.191 e. The number of hydrogen-bond acceptors (Lipinski definition) is 4. The number of benzene rings is 1. The van der Waals surface area contributed by atoms with Gasteiger partial charge in [-0.05, 0) is 31.9 Å². The molecule has 1 aromatic heterocycles. The highest BCUT2D eigenvalue weighted by molar-refractivity contribution is 5.79. The van der Waals surface area contributed by atoms with Gasteiger partial charge < -0.3 is 19.9 Å². The summed E-state index contributed by atoms with van der Waals surface area (Å²) in [4.78, 5) is 4.49. The molecule has 0 aliphatic carbocycles. The lowest BCUT2D eigenvalue weighted by atomic mass is 10.2. The second-order valence-electron chi connectivity index (χ2n) is 5.79. The Morgan fingerprint density at radius 3 is 2.73 bits per heavy atom. The fourth-order valence-corrected chi connectivity index (χ4v) is 2.30. The lowest BCUT2D eigenvalue weighted by Crippen LogP contribution is -2.42. The van der Waals surface area contributed by atoms with Gasteiger partial charge in [-0.2, -0.15) is 0 Å². The van der Waals surface area contributed by atoms with E-state index >= 15 is 0 Å². The lowest BCUT2D eigenvalue weighted by molar-refractivity contribution is 0.191. The fraction of sp³-hybridized carbons (Fsp3) is 0.474. The second-order valence-corrected chi connectivity index (χ2v) is 5.79. The number of rotatable bonds is 9. The van der Waals surface area contributed by atoms with Gasteiger partial charge in [-0.25, -0.2) is 9.38 Å². The highest BCUT2D eigenvalue weighted by Crippen LogP contribution is 2.17. The van der Waals surface area contributed by atoms with E-state index in [0.717, 1.165) is 25.1 Å². The van der Waals surface area contributed by atoms with Gasteiger partial charge in [0.2, 0.25) is 0 Å². The Labute approximate surface area is 153 Å². The summed E-state index contributed by atoms with van der Waals surface area (Å²) in [5.74, 6) is 1.27. The maximum Gasteiger partial charge on any atom is 0.191 e. The lowest BCUT2D eigenvalue weighted by Gasteiger charge is -2.20. The molecule has 0 aliphatic rings. The molecule has 26 heavy (non-hydrogen) atoms. The third-order valence-corrected chi connectivity index (χ3v) is 3.79. The van der Waals surface area contributed by atoms with Crippen molar-refractivity contribution in [3.05, 3.63) is 47.6 Å². The zero-order valence-corrected chi connectivity index (χ0v) is 15.6. The van der Waals surface area contributed by atoms with E-state index in [1.165, 1.54) is 6.07 Å². The van der Waals surface area contributed by atoms with E-state index in [0.29, 0.717) is 24.8 Å². The van der Waals surface area contributed by atoms with Crippen LogP contribution in [-0.4, -0.2) is 30.3 Å². The van der Waals surface area contributed by atoms with Gasteiger partial charge in [0.25, 0.3) is 0 Å². The standard InChI is InChI=1S/C19H27FN4O2/c1-4-14-11-16(26-24-14)13-23-19(21-6-3)22-12-15(5-2)25-18-10-8-7-9-17(18)20/h7-11,15H,4-6,12-13H2,1-3H3,(H2,21,22,23). The number of aryl methyl sites for hydroxylation is 1. The Morgan fingerprint density at radius 2 is 2.08 bits per heavy atom. The normalized spacial score (nSPS) is 12.7. The summed E-state index contributed by atoms with van der Waals surface area (Å²) in [6.45, 7) is 7.65. The molecular formula is C19H27FN4O2. The Kier molecular flexibility index (Phi) is 7.92. The molecule has 1 unspecified atom stereocenters. The summed E-state index contributed by atoms with van der Waals surface area (Å²) in [6, 6.07) is 8.33.